The van der Waals surface area contributed by atoms with Crippen molar-refractivity contribution in [3.05, 3.63) is 89.0 Å². The van der Waals surface area contributed by atoms with E-state index in [-0.39, 0.29) is 11.8 Å². The van der Waals surface area contributed by atoms with Crippen LogP contribution in [0.25, 0.3) is 0 Å². The van der Waals surface area contributed by atoms with Gasteiger partial charge in [-0.1, -0.05) is 36.4 Å². The van der Waals surface area contributed by atoms with Gasteiger partial charge in [-0.25, -0.2) is 0 Å². The number of hydrogen-bond donors (Lipinski definition) is 0. The lowest BCUT2D eigenvalue weighted by Gasteiger charge is -2.35. The summed E-state index contributed by atoms with van der Waals surface area (Å²) in [6.07, 6.45) is 0. The molecule has 0 unspecified atom stereocenters. The van der Waals surface area contributed by atoms with Crippen LogP contribution in [0.2, 0.25) is 0 Å². The van der Waals surface area contributed by atoms with E-state index in [1.54, 1.807) is 14.2 Å². The topological polar surface area (TPSA) is 27.7 Å². The monoisotopic (exact) mass is 360 g/mol. The zero-order valence-corrected chi connectivity index (χ0v) is 15.9. The van der Waals surface area contributed by atoms with Crippen molar-refractivity contribution in [3.8, 4) is 17.2 Å². The maximum absolute atomic E-state index is 6.17. The van der Waals surface area contributed by atoms with Crippen LogP contribution >= 0.6 is 0 Å². The van der Waals surface area contributed by atoms with Crippen LogP contribution in [-0.4, -0.2) is 20.8 Å². The summed E-state index contributed by atoms with van der Waals surface area (Å²) >= 11 is 0. The summed E-state index contributed by atoms with van der Waals surface area (Å²) in [6.45, 7) is 2.75. The van der Waals surface area contributed by atoms with Gasteiger partial charge in [0.1, 0.15) is 17.2 Å². The van der Waals surface area contributed by atoms with E-state index in [0.29, 0.717) is 6.61 Å². The molecule has 27 heavy (non-hydrogen) atoms. The molecule has 138 valence electrons. The number of aryl methyl sites for hydroxylation is 1. The van der Waals surface area contributed by atoms with E-state index in [1.165, 1.54) is 22.3 Å². The van der Waals surface area contributed by atoms with Gasteiger partial charge in [0, 0.05) is 17.4 Å². The van der Waals surface area contributed by atoms with Crippen LogP contribution in [0.1, 0.15) is 34.1 Å². The van der Waals surface area contributed by atoms with Gasteiger partial charge in [-0.05, 0) is 53.9 Å². The van der Waals surface area contributed by atoms with Crippen molar-refractivity contribution in [2.75, 3.05) is 20.8 Å². The largest absolute Gasteiger partial charge is 0.497 e. The first kappa shape index (κ1) is 17.5. The fourth-order valence-corrected chi connectivity index (χ4v) is 3.88. The van der Waals surface area contributed by atoms with Gasteiger partial charge in [0.25, 0.3) is 0 Å². The minimum Gasteiger partial charge on any atom is -0.497 e. The number of ether oxygens (including phenoxy) is 3. The van der Waals surface area contributed by atoms with E-state index in [9.17, 15) is 0 Å². The van der Waals surface area contributed by atoms with E-state index < -0.39 is 0 Å². The Hall–Kier alpha value is -2.94. The van der Waals surface area contributed by atoms with Gasteiger partial charge < -0.3 is 14.2 Å². The summed E-state index contributed by atoms with van der Waals surface area (Å²) in [5, 5.41) is 0. The number of hydrogen-bond acceptors (Lipinski definition) is 3. The fraction of sp³-hybridized carbons (Fsp3) is 0.250. The van der Waals surface area contributed by atoms with E-state index >= 15 is 0 Å². The molecule has 3 aromatic rings. The molecule has 1 aliphatic rings. The van der Waals surface area contributed by atoms with Gasteiger partial charge in [-0.15, -0.1) is 0 Å². The Balaban J connectivity index is 1.80. The van der Waals surface area contributed by atoms with Gasteiger partial charge in [0.15, 0.2) is 0 Å². The Morgan fingerprint density at radius 3 is 1.96 bits per heavy atom. The third kappa shape index (κ3) is 3.37. The van der Waals surface area contributed by atoms with Crippen molar-refractivity contribution in [1.82, 2.24) is 0 Å². The second kappa shape index (κ2) is 7.36. The quantitative estimate of drug-likeness (QED) is 0.630. The molecule has 1 aliphatic heterocycles. The first-order chi connectivity index (χ1) is 13.2. The lowest BCUT2D eigenvalue weighted by atomic mass is 9.75. The maximum atomic E-state index is 6.17. The van der Waals surface area contributed by atoms with Crippen molar-refractivity contribution < 1.29 is 14.2 Å². The summed E-state index contributed by atoms with van der Waals surface area (Å²) in [5.74, 6) is 3.19. The second-order valence-electron chi connectivity index (χ2n) is 6.98. The number of benzene rings is 3. The molecule has 0 aliphatic carbocycles. The number of rotatable bonds is 4. The van der Waals surface area contributed by atoms with Crippen LogP contribution in [0, 0.1) is 6.92 Å². The van der Waals surface area contributed by atoms with Crippen LogP contribution in [0.4, 0.5) is 0 Å². The zero-order chi connectivity index (χ0) is 18.8. The fourth-order valence-electron chi connectivity index (χ4n) is 3.88. The minimum atomic E-state index is 0.230. The molecular weight excluding hydrogens is 336 g/mol. The van der Waals surface area contributed by atoms with Crippen LogP contribution in [0.3, 0.4) is 0 Å². The Morgan fingerprint density at radius 1 is 0.778 bits per heavy atom. The van der Waals surface area contributed by atoms with Crippen molar-refractivity contribution in [1.29, 1.82) is 0 Å². The zero-order valence-electron chi connectivity index (χ0n) is 15.9. The van der Waals surface area contributed by atoms with Crippen LogP contribution in [0.5, 0.6) is 17.2 Å². The van der Waals surface area contributed by atoms with E-state index in [2.05, 4.69) is 49.4 Å². The molecule has 0 amide bonds. The van der Waals surface area contributed by atoms with Crippen molar-refractivity contribution in [2.45, 2.75) is 18.8 Å². The van der Waals surface area contributed by atoms with Crippen LogP contribution in [-0.2, 0) is 0 Å². The lowest BCUT2D eigenvalue weighted by molar-refractivity contribution is 0.248. The Morgan fingerprint density at radius 2 is 1.37 bits per heavy atom. The first-order valence-electron chi connectivity index (χ1n) is 9.21. The summed E-state index contributed by atoms with van der Waals surface area (Å²) in [7, 11) is 3.39. The van der Waals surface area contributed by atoms with Gasteiger partial charge >= 0.3 is 0 Å². The summed E-state index contributed by atoms with van der Waals surface area (Å²) in [6, 6.07) is 23.2. The van der Waals surface area contributed by atoms with Gasteiger partial charge in [-0.3, -0.25) is 0 Å². The van der Waals surface area contributed by atoms with Gasteiger partial charge in [0.2, 0.25) is 0 Å². The number of fused-ring (bicyclic) bond motifs is 1. The molecule has 0 saturated carbocycles. The Labute approximate surface area is 160 Å². The van der Waals surface area contributed by atoms with Crippen molar-refractivity contribution >= 4 is 0 Å². The van der Waals surface area contributed by atoms with Crippen LogP contribution < -0.4 is 14.2 Å². The molecule has 0 fully saturated rings. The van der Waals surface area contributed by atoms with Crippen molar-refractivity contribution in [2.24, 2.45) is 0 Å². The summed E-state index contributed by atoms with van der Waals surface area (Å²) < 4.78 is 16.8. The maximum Gasteiger partial charge on any atom is 0.123 e. The smallest absolute Gasteiger partial charge is 0.123 e. The third-order valence-electron chi connectivity index (χ3n) is 5.34. The SMILES string of the molecule is COc1ccc([C@@H]2c3ccc(C)cc3OC[C@@H]2c2ccc(OC)cc2)cc1. The molecule has 0 saturated heterocycles. The van der Waals surface area contributed by atoms with Crippen molar-refractivity contribution in [3.63, 3.8) is 0 Å². The average molecular weight is 360 g/mol. The van der Waals surface area contributed by atoms with E-state index in [4.69, 9.17) is 14.2 Å². The highest BCUT2D eigenvalue weighted by Crippen LogP contribution is 2.46. The Kier molecular flexibility index (Phi) is 4.76. The normalized spacial score (nSPS) is 18.3. The molecule has 1 heterocycles. The van der Waals surface area contributed by atoms with E-state index in [0.717, 1.165) is 17.2 Å². The van der Waals surface area contributed by atoms with E-state index in [1.807, 2.05) is 24.3 Å². The molecule has 3 heteroatoms. The predicted octanol–water partition coefficient (Wildman–Crippen LogP) is 5.32. The molecule has 2 atom stereocenters. The second-order valence-corrected chi connectivity index (χ2v) is 6.98. The molecule has 0 aromatic heterocycles. The highest BCUT2D eigenvalue weighted by Gasteiger charge is 2.33. The molecule has 0 spiro atoms. The van der Waals surface area contributed by atoms with Gasteiger partial charge in [-0.2, -0.15) is 0 Å². The minimum absolute atomic E-state index is 0.230. The standard InChI is InChI=1S/C24H24O3/c1-16-4-13-21-23(14-16)27-15-22(17-5-9-19(25-2)10-6-17)24(21)18-7-11-20(26-3)12-8-18/h4-14,22,24H,15H2,1-3H3/t22-,24-/m1/s1. The molecular formula is C24H24O3. The molecule has 0 bridgehead atoms. The van der Waals surface area contributed by atoms with Gasteiger partial charge in [0.05, 0.1) is 20.8 Å². The number of methoxy groups -OCH3 is 2. The first-order valence-corrected chi connectivity index (χ1v) is 9.21. The molecule has 0 radical (unpaired) electrons. The Bertz CT molecular complexity index is 913. The lowest BCUT2D eigenvalue weighted by Crippen LogP contribution is -2.25. The highest BCUT2D eigenvalue weighted by atomic mass is 16.5. The molecule has 3 aromatic carbocycles. The molecule has 0 N–H and O–H groups in total. The molecule has 3 nitrogen and oxygen atoms in total. The predicted molar refractivity (Wildman–Crippen MR) is 107 cm³/mol. The molecule has 4 rings (SSSR count). The summed E-state index contributed by atoms with van der Waals surface area (Å²) in [5.41, 5.74) is 4.97. The highest BCUT2D eigenvalue weighted by molar-refractivity contribution is 5.50. The average Bonchev–Trinajstić information content (AvgIpc) is 2.73. The summed E-state index contributed by atoms with van der Waals surface area (Å²) in [4.78, 5) is 0. The third-order valence-corrected chi connectivity index (χ3v) is 5.34. The van der Waals surface area contributed by atoms with Crippen LogP contribution in [0.15, 0.2) is 66.7 Å².